The molecule has 3 nitrogen and oxygen atoms in total. The summed E-state index contributed by atoms with van der Waals surface area (Å²) in [6, 6.07) is 8.76. The van der Waals surface area contributed by atoms with E-state index in [0.29, 0.717) is 5.92 Å². The lowest BCUT2D eigenvalue weighted by Gasteiger charge is -2.39. The maximum absolute atomic E-state index is 5.67. The predicted molar refractivity (Wildman–Crippen MR) is 86.8 cm³/mol. The zero-order chi connectivity index (χ0) is 14.2. The smallest absolute Gasteiger partial charge is 0.147 e. The first-order chi connectivity index (χ1) is 9.60. The van der Waals surface area contributed by atoms with Gasteiger partial charge in [0, 0.05) is 38.0 Å². The van der Waals surface area contributed by atoms with Crippen LogP contribution in [0.2, 0.25) is 0 Å². The van der Waals surface area contributed by atoms with Crippen LogP contribution in [0.1, 0.15) is 44.6 Å². The van der Waals surface area contributed by atoms with Crippen molar-refractivity contribution in [1.29, 1.82) is 0 Å². The summed E-state index contributed by atoms with van der Waals surface area (Å²) < 4.78 is 0.952. The molecule has 0 aliphatic carbocycles. The number of piperidine rings is 1. The third kappa shape index (κ3) is 2.58. The first kappa shape index (κ1) is 13.9. The molecule has 0 saturated carbocycles. The summed E-state index contributed by atoms with van der Waals surface area (Å²) in [7, 11) is 0. The Labute approximate surface area is 129 Å². The van der Waals surface area contributed by atoms with Gasteiger partial charge in [0.2, 0.25) is 0 Å². The second kappa shape index (κ2) is 5.40. The molecular formula is C16H21BrN2O. The number of hydrogen-bond donors (Lipinski definition) is 0. The molecule has 1 fully saturated rings. The van der Waals surface area contributed by atoms with Gasteiger partial charge in [-0.15, -0.1) is 0 Å². The van der Waals surface area contributed by atoms with Crippen molar-refractivity contribution in [3.05, 3.63) is 29.8 Å². The highest BCUT2D eigenvalue weighted by Gasteiger charge is 2.41. The summed E-state index contributed by atoms with van der Waals surface area (Å²) in [4.78, 5) is 8.17. The molecule has 2 aliphatic heterocycles. The van der Waals surface area contributed by atoms with Gasteiger partial charge < -0.3 is 9.74 Å². The number of rotatable bonds is 2. The summed E-state index contributed by atoms with van der Waals surface area (Å²) in [5, 5.41) is 4.07. The zero-order valence-electron chi connectivity index (χ0n) is 12.1. The molecule has 0 unspecified atom stereocenters. The fraction of sp³-hybridized carbons (Fsp3) is 0.562. The quantitative estimate of drug-likeness (QED) is 0.805. The number of nitrogens with zero attached hydrogens (tertiary/aromatic N) is 2. The third-order valence-corrected chi connectivity index (χ3v) is 4.81. The van der Waals surface area contributed by atoms with Crippen LogP contribution in [0.3, 0.4) is 0 Å². The van der Waals surface area contributed by atoms with Crippen LogP contribution in [0, 0.1) is 0 Å². The second-order valence-corrected chi connectivity index (χ2v) is 7.03. The highest BCUT2D eigenvalue weighted by Crippen LogP contribution is 2.38. The molecule has 1 aromatic rings. The Morgan fingerprint density at radius 1 is 1.25 bits per heavy atom. The van der Waals surface area contributed by atoms with Gasteiger partial charge in [-0.2, -0.15) is 0 Å². The van der Waals surface area contributed by atoms with Crippen molar-refractivity contribution in [2.24, 2.45) is 5.16 Å². The molecule has 0 bridgehead atoms. The minimum absolute atomic E-state index is 0.0535. The van der Waals surface area contributed by atoms with Crippen molar-refractivity contribution in [3.8, 4) is 0 Å². The van der Waals surface area contributed by atoms with E-state index >= 15 is 0 Å². The van der Waals surface area contributed by atoms with E-state index in [9.17, 15) is 0 Å². The Morgan fingerprint density at radius 3 is 2.55 bits per heavy atom. The van der Waals surface area contributed by atoms with Gasteiger partial charge in [-0.1, -0.05) is 37.2 Å². The van der Waals surface area contributed by atoms with E-state index in [4.69, 9.17) is 4.84 Å². The van der Waals surface area contributed by atoms with Crippen molar-refractivity contribution in [1.82, 2.24) is 0 Å². The summed E-state index contributed by atoms with van der Waals surface area (Å²) in [6.07, 6.45) is 3.00. The molecule has 0 N–H and O–H groups in total. The van der Waals surface area contributed by atoms with Gasteiger partial charge in [0.15, 0.2) is 0 Å². The van der Waals surface area contributed by atoms with Gasteiger partial charge >= 0.3 is 0 Å². The Morgan fingerprint density at radius 2 is 1.95 bits per heavy atom. The number of para-hydroxylation sites is 1. The molecule has 0 amide bonds. The molecule has 1 aromatic carbocycles. The van der Waals surface area contributed by atoms with E-state index in [-0.39, 0.29) is 5.60 Å². The summed E-state index contributed by atoms with van der Waals surface area (Å²) in [6.45, 7) is 6.60. The van der Waals surface area contributed by atoms with E-state index < -0.39 is 0 Å². The van der Waals surface area contributed by atoms with Gasteiger partial charge in [-0.3, -0.25) is 0 Å². The number of oxime groups is 1. The van der Waals surface area contributed by atoms with Crippen LogP contribution in [0.25, 0.3) is 0 Å². The molecule has 20 heavy (non-hydrogen) atoms. The summed E-state index contributed by atoms with van der Waals surface area (Å²) in [5.74, 6) is 0.558. The third-order valence-electron chi connectivity index (χ3n) is 4.38. The summed E-state index contributed by atoms with van der Waals surface area (Å²) >= 11 is 3.45. The standard InChI is InChI=1S/C16H21BrN2O/c1-12(2)13-5-3-4-6-14(13)19-9-7-16(8-10-19)11-15(17)18-20-16/h3-6,12H,7-11H2,1-2H3. The van der Waals surface area contributed by atoms with Crippen molar-refractivity contribution in [2.75, 3.05) is 18.0 Å². The highest BCUT2D eigenvalue weighted by molar-refractivity contribution is 9.18. The average Bonchev–Trinajstić information content (AvgIpc) is 2.81. The number of hydrogen-bond acceptors (Lipinski definition) is 3. The average molecular weight is 337 g/mol. The van der Waals surface area contributed by atoms with E-state index in [1.54, 1.807) is 0 Å². The van der Waals surface area contributed by atoms with E-state index in [0.717, 1.165) is 37.0 Å². The number of anilines is 1. The first-order valence-corrected chi connectivity index (χ1v) is 8.13. The summed E-state index contributed by atoms with van der Waals surface area (Å²) in [5.41, 5.74) is 2.77. The fourth-order valence-corrected chi connectivity index (χ4v) is 3.75. The second-order valence-electron chi connectivity index (χ2n) is 6.12. The van der Waals surface area contributed by atoms with E-state index in [1.807, 2.05) is 0 Å². The Kier molecular flexibility index (Phi) is 3.76. The molecular weight excluding hydrogens is 316 g/mol. The van der Waals surface area contributed by atoms with Crippen LogP contribution in [0.4, 0.5) is 5.69 Å². The van der Waals surface area contributed by atoms with Crippen LogP contribution >= 0.6 is 15.9 Å². The van der Waals surface area contributed by atoms with Crippen molar-refractivity contribution in [3.63, 3.8) is 0 Å². The monoisotopic (exact) mass is 336 g/mol. The fourth-order valence-electron chi connectivity index (χ4n) is 3.16. The molecule has 0 atom stereocenters. The normalized spacial score (nSPS) is 21.2. The predicted octanol–water partition coefficient (Wildman–Crippen LogP) is 4.28. The van der Waals surface area contributed by atoms with Gasteiger partial charge in [0.05, 0.1) is 0 Å². The number of halogens is 1. The van der Waals surface area contributed by atoms with Gasteiger partial charge in [0.25, 0.3) is 0 Å². The highest BCUT2D eigenvalue weighted by atomic mass is 79.9. The molecule has 1 saturated heterocycles. The number of benzene rings is 1. The molecule has 0 radical (unpaired) electrons. The van der Waals surface area contributed by atoms with E-state index in [1.165, 1.54) is 11.3 Å². The minimum atomic E-state index is -0.0535. The lowest BCUT2D eigenvalue weighted by molar-refractivity contribution is -0.0360. The largest absolute Gasteiger partial charge is 0.388 e. The molecule has 4 heteroatoms. The van der Waals surface area contributed by atoms with Crippen LogP contribution in [-0.2, 0) is 4.84 Å². The Balaban J connectivity index is 1.73. The van der Waals surface area contributed by atoms with E-state index in [2.05, 4.69) is 64.1 Å². The van der Waals surface area contributed by atoms with Gasteiger partial charge in [-0.05, 0) is 33.5 Å². The molecule has 2 heterocycles. The molecule has 0 aromatic heterocycles. The maximum atomic E-state index is 5.67. The zero-order valence-corrected chi connectivity index (χ0v) is 13.7. The minimum Gasteiger partial charge on any atom is -0.388 e. The lowest BCUT2D eigenvalue weighted by atomic mass is 9.88. The van der Waals surface area contributed by atoms with Crippen LogP contribution in [0.5, 0.6) is 0 Å². The molecule has 108 valence electrons. The SMILES string of the molecule is CC(C)c1ccccc1N1CCC2(CC1)CC(Br)=NO2. The van der Waals surface area contributed by atoms with Crippen molar-refractivity contribution in [2.45, 2.75) is 44.6 Å². The molecule has 2 aliphatic rings. The van der Waals surface area contributed by atoms with Gasteiger partial charge in [-0.25, -0.2) is 0 Å². The van der Waals surface area contributed by atoms with Crippen LogP contribution in [-0.4, -0.2) is 23.3 Å². The van der Waals surface area contributed by atoms with Gasteiger partial charge in [0.1, 0.15) is 10.2 Å². The Hall–Kier alpha value is -1.03. The molecule has 3 rings (SSSR count). The topological polar surface area (TPSA) is 24.8 Å². The maximum Gasteiger partial charge on any atom is 0.147 e. The Bertz CT molecular complexity index is 519. The van der Waals surface area contributed by atoms with Crippen LogP contribution in [0.15, 0.2) is 29.4 Å². The first-order valence-electron chi connectivity index (χ1n) is 7.34. The lowest BCUT2D eigenvalue weighted by Crippen LogP contribution is -2.44. The molecule has 1 spiro atoms. The van der Waals surface area contributed by atoms with Crippen molar-refractivity contribution >= 4 is 26.2 Å². The van der Waals surface area contributed by atoms with Crippen molar-refractivity contribution < 1.29 is 4.84 Å². The van der Waals surface area contributed by atoms with Crippen LogP contribution < -0.4 is 4.90 Å².